The molecule has 0 saturated carbocycles. The third-order valence-electron chi connectivity index (χ3n) is 4.92. The van der Waals surface area contributed by atoms with Crippen molar-refractivity contribution in [1.29, 1.82) is 0 Å². The van der Waals surface area contributed by atoms with Crippen LogP contribution in [0.3, 0.4) is 0 Å². The zero-order valence-electron chi connectivity index (χ0n) is 16.4. The zero-order valence-corrected chi connectivity index (χ0v) is 17.2. The largest absolute Gasteiger partial charge is 0.325 e. The summed E-state index contributed by atoms with van der Waals surface area (Å²) in [5, 5.41) is 11.4. The molecule has 1 aromatic heterocycles. The molecule has 8 heteroatoms. The third kappa shape index (κ3) is 5.41. The SMILES string of the molecule is CCCCCS(=O)(=O)CC(=O)Nc1cccc(-c2nnc3n2CCCCC3)c1. The number of unbranched alkanes of at least 4 members (excludes halogenated alkanes) is 2. The lowest BCUT2D eigenvalue weighted by Crippen LogP contribution is -2.24. The predicted octanol–water partition coefficient (Wildman–Crippen LogP) is 3.22. The number of aryl methyl sites for hydroxylation is 1. The Morgan fingerprint density at radius 3 is 2.86 bits per heavy atom. The minimum Gasteiger partial charge on any atom is -0.325 e. The number of sulfone groups is 1. The highest BCUT2D eigenvalue weighted by atomic mass is 32.2. The van der Waals surface area contributed by atoms with Gasteiger partial charge < -0.3 is 9.88 Å². The van der Waals surface area contributed by atoms with Gasteiger partial charge >= 0.3 is 0 Å². The molecule has 152 valence electrons. The summed E-state index contributed by atoms with van der Waals surface area (Å²) >= 11 is 0. The van der Waals surface area contributed by atoms with Crippen molar-refractivity contribution in [2.45, 2.75) is 58.4 Å². The molecule has 0 spiro atoms. The maximum absolute atomic E-state index is 12.2. The molecule has 0 fully saturated rings. The van der Waals surface area contributed by atoms with E-state index < -0.39 is 21.5 Å². The van der Waals surface area contributed by atoms with Gasteiger partial charge in [0.1, 0.15) is 11.6 Å². The zero-order chi connectivity index (χ0) is 20.0. The summed E-state index contributed by atoms with van der Waals surface area (Å²) in [5.74, 6) is 0.857. The van der Waals surface area contributed by atoms with Crippen molar-refractivity contribution in [2.75, 3.05) is 16.8 Å². The highest BCUT2D eigenvalue weighted by Gasteiger charge is 2.18. The molecule has 0 unspecified atom stereocenters. The van der Waals surface area contributed by atoms with E-state index in [1.807, 2.05) is 25.1 Å². The Bertz CT molecular complexity index is 921. The van der Waals surface area contributed by atoms with E-state index in [0.717, 1.165) is 55.9 Å². The highest BCUT2D eigenvalue weighted by molar-refractivity contribution is 7.92. The number of nitrogens with zero attached hydrogens (tertiary/aromatic N) is 3. The molecule has 1 aliphatic rings. The molecule has 1 N–H and O–H groups in total. The summed E-state index contributed by atoms with van der Waals surface area (Å²) in [7, 11) is -3.38. The number of amides is 1. The Balaban J connectivity index is 1.69. The number of fused-ring (bicyclic) bond motifs is 1. The summed E-state index contributed by atoms with van der Waals surface area (Å²) in [6, 6.07) is 7.34. The second-order valence-corrected chi connectivity index (χ2v) is 9.51. The van der Waals surface area contributed by atoms with E-state index in [4.69, 9.17) is 0 Å². The van der Waals surface area contributed by atoms with Crippen LogP contribution in [0.1, 0.15) is 51.3 Å². The number of nitrogens with one attached hydrogen (secondary N) is 1. The molecule has 7 nitrogen and oxygen atoms in total. The number of anilines is 1. The van der Waals surface area contributed by atoms with Gasteiger partial charge in [0.05, 0.1) is 5.75 Å². The van der Waals surface area contributed by atoms with Crippen LogP contribution in [0.5, 0.6) is 0 Å². The summed E-state index contributed by atoms with van der Waals surface area (Å²) in [4.78, 5) is 12.2. The average molecular weight is 405 g/mol. The summed E-state index contributed by atoms with van der Waals surface area (Å²) in [5.41, 5.74) is 1.43. The second kappa shape index (κ2) is 9.32. The molecule has 1 amide bonds. The number of aromatic nitrogens is 3. The molecule has 0 saturated heterocycles. The van der Waals surface area contributed by atoms with E-state index in [9.17, 15) is 13.2 Å². The summed E-state index contributed by atoms with van der Waals surface area (Å²) in [6.07, 6.45) is 6.74. The van der Waals surface area contributed by atoms with Crippen LogP contribution in [0, 0.1) is 0 Å². The van der Waals surface area contributed by atoms with Gasteiger partial charge in [0, 0.05) is 24.2 Å². The van der Waals surface area contributed by atoms with Crippen LogP contribution in [-0.4, -0.2) is 40.6 Å². The van der Waals surface area contributed by atoms with Crippen LogP contribution < -0.4 is 5.32 Å². The quantitative estimate of drug-likeness (QED) is 0.682. The number of hydrogen-bond donors (Lipinski definition) is 1. The molecule has 2 aromatic rings. The molecule has 1 aliphatic heterocycles. The van der Waals surface area contributed by atoms with Crippen molar-refractivity contribution in [1.82, 2.24) is 14.8 Å². The highest BCUT2D eigenvalue weighted by Crippen LogP contribution is 2.24. The predicted molar refractivity (Wildman–Crippen MR) is 110 cm³/mol. The van der Waals surface area contributed by atoms with Gasteiger partial charge in [-0.1, -0.05) is 38.3 Å². The summed E-state index contributed by atoms with van der Waals surface area (Å²) in [6.45, 7) is 2.91. The van der Waals surface area contributed by atoms with Crippen LogP contribution in [-0.2, 0) is 27.6 Å². The Hall–Kier alpha value is -2.22. The average Bonchev–Trinajstić information content (AvgIpc) is 2.90. The Kier molecular flexibility index (Phi) is 6.83. The van der Waals surface area contributed by atoms with E-state index in [2.05, 4.69) is 20.1 Å². The molecule has 0 bridgehead atoms. The lowest BCUT2D eigenvalue weighted by atomic mass is 10.2. The van der Waals surface area contributed by atoms with E-state index in [1.54, 1.807) is 6.07 Å². The number of hydrogen-bond acceptors (Lipinski definition) is 5. The maximum atomic E-state index is 12.2. The molecule has 1 aromatic carbocycles. The maximum Gasteiger partial charge on any atom is 0.239 e. The first-order valence-corrected chi connectivity index (χ1v) is 11.8. The lowest BCUT2D eigenvalue weighted by molar-refractivity contribution is -0.113. The monoisotopic (exact) mass is 404 g/mol. The van der Waals surface area contributed by atoms with Gasteiger partial charge in [-0.3, -0.25) is 4.79 Å². The van der Waals surface area contributed by atoms with Crippen molar-refractivity contribution in [3.8, 4) is 11.4 Å². The first-order chi connectivity index (χ1) is 13.5. The fourth-order valence-electron chi connectivity index (χ4n) is 3.48. The van der Waals surface area contributed by atoms with Gasteiger partial charge in [0.25, 0.3) is 0 Å². The van der Waals surface area contributed by atoms with Gasteiger partial charge in [-0.2, -0.15) is 0 Å². The van der Waals surface area contributed by atoms with Crippen molar-refractivity contribution in [3.63, 3.8) is 0 Å². The van der Waals surface area contributed by atoms with E-state index in [-0.39, 0.29) is 5.75 Å². The topological polar surface area (TPSA) is 93.9 Å². The van der Waals surface area contributed by atoms with Gasteiger partial charge in [-0.05, 0) is 31.4 Å². The molecular weight excluding hydrogens is 376 g/mol. The second-order valence-electron chi connectivity index (χ2n) is 7.33. The first kappa shape index (κ1) is 20.5. The number of benzene rings is 1. The number of carbonyl (C=O) groups excluding carboxylic acids is 1. The third-order valence-corrected chi connectivity index (χ3v) is 6.54. The molecule has 0 aliphatic carbocycles. The van der Waals surface area contributed by atoms with Gasteiger partial charge in [0.2, 0.25) is 5.91 Å². The number of rotatable bonds is 8. The van der Waals surface area contributed by atoms with Crippen LogP contribution in [0.15, 0.2) is 24.3 Å². The van der Waals surface area contributed by atoms with Crippen LogP contribution in [0.2, 0.25) is 0 Å². The van der Waals surface area contributed by atoms with E-state index in [1.165, 1.54) is 6.42 Å². The van der Waals surface area contributed by atoms with Gasteiger partial charge in [-0.25, -0.2) is 8.42 Å². The first-order valence-electron chi connectivity index (χ1n) is 10.0. The van der Waals surface area contributed by atoms with Crippen LogP contribution in [0.4, 0.5) is 5.69 Å². The van der Waals surface area contributed by atoms with E-state index >= 15 is 0 Å². The molecular formula is C20H28N4O3S. The van der Waals surface area contributed by atoms with Crippen molar-refractivity contribution in [2.24, 2.45) is 0 Å². The number of carbonyl (C=O) groups is 1. The van der Waals surface area contributed by atoms with E-state index in [0.29, 0.717) is 12.1 Å². The van der Waals surface area contributed by atoms with Gasteiger partial charge in [-0.15, -0.1) is 10.2 Å². The van der Waals surface area contributed by atoms with Crippen molar-refractivity contribution >= 4 is 21.4 Å². The van der Waals surface area contributed by atoms with Gasteiger partial charge in [0.15, 0.2) is 15.7 Å². The summed E-state index contributed by atoms with van der Waals surface area (Å²) < 4.78 is 26.3. The van der Waals surface area contributed by atoms with Crippen molar-refractivity contribution < 1.29 is 13.2 Å². The smallest absolute Gasteiger partial charge is 0.239 e. The minimum absolute atomic E-state index is 0.0557. The molecule has 3 rings (SSSR count). The minimum atomic E-state index is -3.38. The normalized spacial score (nSPS) is 14.3. The molecule has 28 heavy (non-hydrogen) atoms. The van der Waals surface area contributed by atoms with Crippen molar-refractivity contribution in [3.05, 3.63) is 30.1 Å². The fourth-order valence-corrected chi connectivity index (χ4v) is 4.74. The molecule has 0 atom stereocenters. The lowest BCUT2D eigenvalue weighted by Gasteiger charge is -2.10. The Morgan fingerprint density at radius 1 is 1.18 bits per heavy atom. The Labute approximate surface area is 166 Å². The molecule has 2 heterocycles. The standard InChI is InChI=1S/C20H28N4O3S/c1-2-3-7-13-28(26,27)15-19(25)21-17-10-8-9-16(14-17)20-23-22-18-11-5-4-6-12-24(18)20/h8-10,14H,2-7,11-13,15H2,1H3,(H,21,25). The fraction of sp³-hybridized carbons (Fsp3) is 0.550. The Morgan fingerprint density at radius 2 is 2.04 bits per heavy atom. The molecule has 0 radical (unpaired) electrons. The van der Waals surface area contributed by atoms with Crippen LogP contribution in [0.25, 0.3) is 11.4 Å². The van der Waals surface area contributed by atoms with Crippen LogP contribution >= 0.6 is 0 Å².